The normalized spacial score (nSPS) is 11.9. The molecule has 0 saturated heterocycles. The van der Waals surface area contributed by atoms with Gasteiger partial charge in [0.25, 0.3) is 11.5 Å². The highest BCUT2D eigenvalue weighted by Crippen LogP contribution is 2.12. The number of amides is 1. The quantitative estimate of drug-likeness (QED) is 0.664. The summed E-state index contributed by atoms with van der Waals surface area (Å²) in [6, 6.07) is 12.9. The topological polar surface area (TPSA) is 86.0 Å². The van der Waals surface area contributed by atoms with E-state index in [0.29, 0.717) is 12.1 Å². The number of aryl methyl sites for hydroxylation is 3. The number of carbonyl (C=O) groups is 1. The molecule has 3 rings (SSSR count). The fourth-order valence-corrected chi connectivity index (χ4v) is 3.21. The average Bonchev–Trinajstić information content (AvgIpc) is 2.73. The van der Waals surface area contributed by atoms with Crippen LogP contribution in [0.3, 0.4) is 0 Å². The summed E-state index contributed by atoms with van der Waals surface area (Å²) in [5.74, 6) is -0.588. The van der Waals surface area contributed by atoms with Crippen LogP contribution < -0.4 is 16.6 Å². The standard InChI is InChI=1S/C24H28N4O3/c1-6-18(5)25-22(29)21-23(30)27(14-19-9-7-8-15(2)12-19)24(31)28(26-21)20-11-10-16(3)17(4)13-20/h7-13,18H,6,14H2,1-5H3,(H,25,29)/t18-/m0/s1. The maximum absolute atomic E-state index is 13.3. The Bertz CT molecular complexity index is 1240. The highest BCUT2D eigenvalue weighted by Gasteiger charge is 2.21. The second-order valence-corrected chi connectivity index (χ2v) is 7.97. The lowest BCUT2D eigenvalue weighted by atomic mass is 10.1. The number of hydrogen-bond donors (Lipinski definition) is 1. The van der Waals surface area contributed by atoms with Gasteiger partial charge in [-0.05, 0) is 62.9 Å². The molecule has 1 aromatic heterocycles. The predicted octanol–water partition coefficient (Wildman–Crippen LogP) is 2.90. The number of nitrogens with zero attached hydrogens (tertiary/aromatic N) is 3. The summed E-state index contributed by atoms with van der Waals surface area (Å²) >= 11 is 0. The van der Waals surface area contributed by atoms with E-state index < -0.39 is 17.2 Å². The van der Waals surface area contributed by atoms with Gasteiger partial charge in [0.1, 0.15) is 0 Å². The Labute approximate surface area is 181 Å². The first-order valence-corrected chi connectivity index (χ1v) is 10.4. The van der Waals surface area contributed by atoms with Gasteiger partial charge in [-0.15, -0.1) is 0 Å². The van der Waals surface area contributed by atoms with Crippen LogP contribution in [0, 0.1) is 20.8 Å². The number of hydrogen-bond acceptors (Lipinski definition) is 4. The van der Waals surface area contributed by atoms with Crippen molar-refractivity contribution < 1.29 is 4.79 Å². The van der Waals surface area contributed by atoms with E-state index in [1.165, 1.54) is 0 Å². The van der Waals surface area contributed by atoms with Crippen LogP contribution in [0.2, 0.25) is 0 Å². The van der Waals surface area contributed by atoms with Crippen molar-refractivity contribution in [1.82, 2.24) is 19.7 Å². The van der Waals surface area contributed by atoms with E-state index in [-0.39, 0.29) is 18.3 Å². The van der Waals surface area contributed by atoms with Crippen molar-refractivity contribution in [2.45, 2.75) is 53.6 Å². The second kappa shape index (κ2) is 9.12. The number of carbonyl (C=O) groups excluding carboxylic acids is 1. The van der Waals surface area contributed by atoms with Crippen LogP contribution in [0.1, 0.15) is 53.0 Å². The van der Waals surface area contributed by atoms with Crippen molar-refractivity contribution in [1.29, 1.82) is 0 Å². The Morgan fingerprint density at radius 1 is 1.06 bits per heavy atom. The highest BCUT2D eigenvalue weighted by molar-refractivity contribution is 5.91. The molecule has 0 unspecified atom stereocenters. The third-order valence-corrected chi connectivity index (χ3v) is 5.42. The summed E-state index contributed by atoms with van der Waals surface area (Å²) in [7, 11) is 0. The average molecular weight is 421 g/mol. The molecule has 3 aromatic rings. The molecule has 0 aliphatic carbocycles. The minimum absolute atomic E-state index is 0.0519. The van der Waals surface area contributed by atoms with Crippen LogP contribution in [0.25, 0.3) is 5.69 Å². The molecule has 1 amide bonds. The van der Waals surface area contributed by atoms with E-state index in [2.05, 4.69) is 10.4 Å². The van der Waals surface area contributed by atoms with Gasteiger partial charge in [-0.1, -0.05) is 42.8 Å². The number of rotatable bonds is 6. The molecule has 0 fully saturated rings. The fraction of sp³-hybridized carbons (Fsp3) is 0.333. The maximum atomic E-state index is 13.3. The van der Waals surface area contributed by atoms with E-state index in [9.17, 15) is 14.4 Å². The zero-order valence-corrected chi connectivity index (χ0v) is 18.6. The van der Waals surface area contributed by atoms with E-state index >= 15 is 0 Å². The van der Waals surface area contributed by atoms with Gasteiger partial charge >= 0.3 is 5.69 Å². The zero-order valence-electron chi connectivity index (χ0n) is 18.6. The van der Waals surface area contributed by atoms with Gasteiger partial charge in [-0.2, -0.15) is 9.78 Å². The van der Waals surface area contributed by atoms with Gasteiger partial charge in [-0.25, -0.2) is 4.79 Å². The summed E-state index contributed by atoms with van der Waals surface area (Å²) < 4.78 is 2.21. The number of nitrogens with one attached hydrogen (secondary N) is 1. The van der Waals surface area contributed by atoms with Crippen molar-refractivity contribution in [3.63, 3.8) is 0 Å². The molecule has 0 aliphatic rings. The molecular formula is C24H28N4O3. The van der Waals surface area contributed by atoms with Crippen LogP contribution in [-0.4, -0.2) is 26.3 Å². The predicted molar refractivity (Wildman–Crippen MR) is 121 cm³/mol. The first-order valence-electron chi connectivity index (χ1n) is 10.4. The van der Waals surface area contributed by atoms with Crippen molar-refractivity contribution >= 4 is 5.91 Å². The van der Waals surface area contributed by atoms with Crippen molar-refractivity contribution in [3.8, 4) is 5.69 Å². The van der Waals surface area contributed by atoms with Crippen LogP contribution in [0.4, 0.5) is 0 Å². The molecule has 0 radical (unpaired) electrons. The van der Waals surface area contributed by atoms with Gasteiger partial charge in [0.05, 0.1) is 12.2 Å². The van der Waals surface area contributed by atoms with E-state index in [0.717, 1.165) is 31.5 Å². The lowest BCUT2D eigenvalue weighted by Crippen LogP contribution is -2.47. The maximum Gasteiger partial charge on any atom is 0.352 e. The van der Waals surface area contributed by atoms with Crippen LogP contribution in [0.15, 0.2) is 52.1 Å². The Hall–Kier alpha value is -3.48. The summed E-state index contributed by atoms with van der Waals surface area (Å²) in [5.41, 5.74) is 2.78. The summed E-state index contributed by atoms with van der Waals surface area (Å²) in [6.45, 7) is 9.68. The van der Waals surface area contributed by atoms with E-state index in [1.807, 2.05) is 71.0 Å². The minimum atomic E-state index is -0.701. The Balaban J connectivity index is 2.21. The first-order chi connectivity index (χ1) is 14.7. The largest absolute Gasteiger partial charge is 0.352 e. The van der Waals surface area contributed by atoms with Crippen molar-refractivity contribution in [3.05, 3.63) is 91.3 Å². The fourth-order valence-electron chi connectivity index (χ4n) is 3.21. The number of benzene rings is 2. The second-order valence-electron chi connectivity index (χ2n) is 7.97. The third kappa shape index (κ3) is 4.82. The van der Waals surface area contributed by atoms with Crippen LogP contribution in [0.5, 0.6) is 0 Å². The number of aromatic nitrogens is 3. The zero-order chi connectivity index (χ0) is 22.7. The molecule has 31 heavy (non-hydrogen) atoms. The molecule has 1 heterocycles. The molecule has 162 valence electrons. The molecular weight excluding hydrogens is 392 g/mol. The lowest BCUT2D eigenvalue weighted by molar-refractivity contribution is 0.0929. The Kier molecular flexibility index (Phi) is 6.53. The molecule has 0 bridgehead atoms. The van der Waals surface area contributed by atoms with E-state index in [1.54, 1.807) is 6.07 Å². The van der Waals surface area contributed by atoms with Crippen LogP contribution in [-0.2, 0) is 6.54 Å². The minimum Gasteiger partial charge on any atom is -0.348 e. The Morgan fingerprint density at radius 3 is 2.45 bits per heavy atom. The smallest absolute Gasteiger partial charge is 0.348 e. The molecule has 1 atom stereocenters. The first kappa shape index (κ1) is 22.2. The molecule has 7 nitrogen and oxygen atoms in total. The van der Waals surface area contributed by atoms with Crippen molar-refractivity contribution in [2.75, 3.05) is 0 Å². The van der Waals surface area contributed by atoms with Crippen LogP contribution >= 0.6 is 0 Å². The Morgan fingerprint density at radius 2 is 1.81 bits per heavy atom. The lowest BCUT2D eigenvalue weighted by Gasteiger charge is -2.15. The molecule has 7 heteroatoms. The van der Waals surface area contributed by atoms with Gasteiger partial charge in [0, 0.05) is 6.04 Å². The van der Waals surface area contributed by atoms with E-state index in [4.69, 9.17) is 0 Å². The van der Waals surface area contributed by atoms with Gasteiger partial charge < -0.3 is 5.32 Å². The summed E-state index contributed by atoms with van der Waals surface area (Å²) in [6.07, 6.45) is 0.708. The highest BCUT2D eigenvalue weighted by atomic mass is 16.2. The monoisotopic (exact) mass is 420 g/mol. The molecule has 0 spiro atoms. The molecule has 0 saturated carbocycles. The van der Waals surface area contributed by atoms with Crippen molar-refractivity contribution in [2.24, 2.45) is 0 Å². The summed E-state index contributed by atoms with van der Waals surface area (Å²) in [5, 5.41) is 6.95. The molecule has 2 aromatic carbocycles. The van der Waals surface area contributed by atoms with Gasteiger partial charge in [0.15, 0.2) is 0 Å². The molecule has 1 N–H and O–H groups in total. The van der Waals surface area contributed by atoms with Gasteiger partial charge in [-0.3, -0.25) is 14.2 Å². The molecule has 0 aliphatic heterocycles. The third-order valence-electron chi connectivity index (χ3n) is 5.42. The van der Waals surface area contributed by atoms with Gasteiger partial charge in [0.2, 0.25) is 5.69 Å². The summed E-state index contributed by atoms with van der Waals surface area (Å²) in [4.78, 5) is 39.2. The SMILES string of the molecule is CC[C@H](C)NC(=O)c1nn(-c2ccc(C)c(C)c2)c(=O)n(Cc2cccc(C)c2)c1=O.